The van der Waals surface area contributed by atoms with Crippen LogP contribution in [0.1, 0.15) is 13.8 Å². The Morgan fingerprint density at radius 2 is 2.25 bits per heavy atom. The van der Waals surface area contributed by atoms with Crippen molar-refractivity contribution in [1.82, 2.24) is 4.98 Å². The molecule has 2 rings (SSSR count). The van der Waals surface area contributed by atoms with Gasteiger partial charge in [-0.1, -0.05) is 42.9 Å². The maximum Gasteiger partial charge on any atom is 0.228 e. The summed E-state index contributed by atoms with van der Waals surface area (Å²) < 4.78 is 0.978. The van der Waals surface area contributed by atoms with Crippen LogP contribution in [0.2, 0.25) is 5.02 Å². The van der Waals surface area contributed by atoms with E-state index in [4.69, 9.17) is 11.6 Å². The Hall–Kier alpha value is -1.13. The predicted molar refractivity (Wildman–Crippen MR) is 68.1 cm³/mol. The zero-order valence-electron chi connectivity index (χ0n) is 8.95. The van der Waals surface area contributed by atoms with Crippen LogP contribution in [0.3, 0.4) is 0 Å². The first-order valence-corrected chi connectivity index (χ1v) is 6.13. The summed E-state index contributed by atoms with van der Waals surface area (Å²) in [4.78, 5) is 15.8. The first-order valence-electron chi connectivity index (χ1n) is 4.94. The van der Waals surface area contributed by atoms with Gasteiger partial charge in [0, 0.05) is 5.92 Å². The highest BCUT2D eigenvalue weighted by Crippen LogP contribution is 2.30. The number of amides is 1. The summed E-state index contributed by atoms with van der Waals surface area (Å²) in [6.45, 7) is 3.69. The Bertz CT molecular complexity index is 536. The number of nitrogens with zero attached hydrogens (tertiary/aromatic N) is 1. The monoisotopic (exact) mass is 254 g/mol. The standard InChI is InChI=1S/C11H11ClN2OS/c1-6(2)10(15)14-11-13-9-7(12)4-3-5-8(9)16-11/h3-6H,1-2H3,(H,13,14,15). The number of anilines is 1. The fraction of sp³-hybridized carbons (Fsp3) is 0.273. The lowest BCUT2D eigenvalue weighted by atomic mass is 10.2. The van der Waals surface area contributed by atoms with Crippen molar-refractivity contribution < 1.29 is 4.79 Å². The molecule has 1 aromatic heterocycles. The van der Waals surface area contributed by atoms with Crippen molar-refractivity contribution in [2.24, 2.45) is 5.92 Å². The highest BCUT2D eigenvalue weighted by Gasteiger charge is 2.11. The number of halogens is 1. The van der Waals surface area contributed by atoms with Gasteiger partial charge in [0.25, 0.3) is 0 Å². The summed E-state index contributed by atoms with van der Waals surface area (Å²) in [6.07, 6.45) is 0. The van der Waals surface area contributed by atoms with Gasteiger partial charge in [0.15, 0.2) is 5.13 Å². The molecule has 1 N–H and O–H groups in total. The second kappa shape index (κ2) is 4.39. The van der Waals surface area contributed by atoms with Crippen molar-refractivity contribution in [2.45, 2.75) is 13.8 Å². The minimum Gasteiger partial charge on any atom is -0.302 e. The second-order valence-electron chi connectivity index (χ2n) is 3.75. The Kier molecular flexibility index (Phi) is 3.12. The molecule has 0 saturated heterocycles. The molecule has 1 heterocycles. The summed E-state index contributed by atoms with van der Waals surface area (Å²) in [5, 5.41) is 3.98. The van der Waals surface area contributed by atoms with Crippen LogP contribution in [0.5, 0.6) is 0 Å². The first kappa shape index (κ1) is 11.4. The van der Waals surface area contributed by atoms with Gasteiger partial charge in [-0.05, 0) is 12.1 Å². The number of hydrogen-bond donors (Lipinski definition) is 1. The maximum absolute atomic E-state index is 11.5. The molecule has 0 bridgehead atoms. The lowest BCUT2D eigenvalue weighted by Gasteiger charge is -2.02. The molecule has 0 aliphatic heterocycles. The lowest BCUT2D eigenvalue weighted by molar-refractivity contribution is -0.118. The summed E-state index contributed by atoms with van der Waals surface area (Å²) in [5.74, 6) is -0.0855. The molecule has 0 unspecified atom stereocenters. The van der Waals surface area contributed by atoms with E-state index in [-0.39, 0.29) is 11.8 Å². The molecule has 0 saturated carbocycles. The van der Waals surface area contributed by atoms with E-state index >= 15 is 0 Å². The minimum atomic E-state index is -0.0533. The number of rotatable bonds is 2. The minimum absolute atomic E-state index is 0.0322. The molecule has 0 radical (unpaired) electrons. The molecular formula is C11H11ClN2OS. The van der Waals surface area contributed by atoms with E-state index < -0.39 is 0 Å². The summed E-state index contributed by atoms with van der Waals surface area (Å²) in [6, 6.07) is 5.60. The average molecular weight is 255 g/mol. The van der Waals surface area contributed by atoms with Crippen molar-refractivity contribution >= 4 is 44.2 Å². The Morgan fingerprint density at radius 1 is 1.50 bits per heavy atom. The molecule has 1 amide bonds. The van der Waals surface area contributed by atoms with Gasteiger partial charge in [-0.3, -0.25) is 4.79 Å². The number of carbonyl (C=O) groups excluding carboxylic acids is 1. The van der Waals surface area contributed by atoms with Crippen molar-refractivity contribution in [3.05, 3.63) is 23.2 Å². The SMILES string of the molecule is CC(C)C(=O)Nc1nc2c(Cl)cccc2s1. The molecule has 0 atom stereocenters. The molecule has 1 aromatic carbocycles. The molecule has 0 spiro atoms. The van der Waals surface area contributed by atoms with Crippen LogP contribution < -0.4 is 5.32 Å². The van der Waals surface area contributed by atoms with Gasteiger partial charge in [-0.15, -0.1) is 0 Å². The van der Waals surface area contributed by atoms with E-state index in [1.807, 2.05) is 26.0 Å². The normalized spacial score (nSPS) is 11.0. The Labute approximate surface area is 102 Å². The number of aromatic nitrogens is 1. The van der Waals surface area contributed by atoms with Crippen LogP contribution in [0.4, 0.5) is 5.13 Å². The van der Waals surface area contributed by atoms with E-state index in [2.05, 4.69) is 10.3 Å². The van der Waals surface area contributed by atoms with Crippen LogP contribution in [0.25, 0.3) is 10.2 Å². The number of para-hydroxylation sites is 1. The van der Waals surface area contributed by atoms with Crippen LogP contribution in [-0.4, -0.2) is 10.9 Å². The summed E-state index contributed by atoms with van der Waals surface area (Å²) in [5.41, 5.74) is 0.744. The molecule has 16 heavy (non-hydrogen) atoms. The van der Waals surface area contributed by atoms with Crippen LogP contribution in [0, 0.1) is 5.92 Å². The molecule has 5 heteroatoms. The third-order valence-corrected chi connectivity index (χ3v) is 3.37. The van der Waals surface area contributed by atoms with E-state index in [0.717, 1.165) is 10.2 Å². The zero-order chi connectivity index (χ0) is 11.7. The largest absolute Gasteiger partial charge is 0.302 e. The third kappa shape index (κ3) is 2.18. The molecule has 0 aliphatic carbocycles. The number of nitrogens with one attached hydrogen (secondary N) is 1. The molecule has 0 aliphatic rings. The van der Waals surface area contributed by atoms with E-state index in [0.29, 0.717) is 10.2 Å². The number of carbonyl (C=O) groups is 1. The van der Waals surface area contributed by atoms with E-state index in [9.17, 15) is 4.79 Å². The van der Waals surface area contributed by atoms with Crippen LogP contribution >= 0.6 is 22.9 Å². The fourth-order valence-corrected chi connectivity index (χ4v) is 2.39. The van der Waals surface area contributed by atoms with Crippen LogP contribution in [-0.2, 0) is 4.79 Å². The Balaban J connectivity index is 2.33. The fourth-order valence-electron chi connectivity index (χ4n) is 1.22. The van der Waals surface area contributed by atoms with Gasteiger partial charge < -0.3 is 5.32 Å². The highest BCUT2D eigenvalue weighted by molar-refractivity contribution is 7.22. The molecule has 2 aromatic rings. The van der Waals surface area contributed by atoms with Crippen LogP contribution in [0.15, 0.2) is 18.2 Å². The van der Waals surface area contributed by atoms with E-state index in [1.165, 1.54) is 11.3 Å². The molecular weight excluding hydrogens is 244 g/mol. The van der Waals surface area contributed by atoms with Crippen molar-refractivity contribution in [2.75, 3.05) is 5.32 Å². The first-order chi connectivity index (χ1) is 7.58. The predicted octanol–water partition coefficient (Wildman–Crippen LogP) is 3.54. The smallest absolute Gasteiger partial charge is 0.228 e. The van der Waals surface area contributed by atoms with Gasteiger partial charge in [-0.25, -0.2) is 4.98 Å². The van der Waals surface area contributed by atoms with Gasteiger partial charge in [0.05, 0.1) is 9.72 Å². The maximum atomic E-state index is 11.5. The Morgan fingerprint density at radius 3 is 2.88 bits per heavy atom. The van der Waals surface area contributed by atoms with Gasteiger partial charge >= 0.3 is 0 Å². The summed E-state index contributed by atoms with van der Waals surface area (Å²) in [7, 11) is 0. The zero-order valence-corrected chi connectivity index (χ0v) is 10.5. The van der Waals surface area contributed by atoms with E-state index in [1.54, 1.807) is 6.07 Å². The topological polar surface area (TPSA) is 42.0 Å². The van der Waals surface area contributed by atoms with Crippen molar-refractivity contribution in [3.8, 4) is 0 Å². The number of fused-ring (bicyclic) bond motifs is 1. The van der Waals surface area contributed by atoms with Crippen molar-refractivity contribution in [1.29, 1.82) is 0 Å². The molecule has 0 fully saturated rings. The average Bonchev–Trinajstić information content (AvgIpc) is 2.61. The summed E-state index contributed by atoms with van der Waals surface area (Å²) >= 11 is 7.43. The van der Waals surface area contributed by atoms with Crippen molar-refractivity contribution in [3.63, 3.8) is 0 Å². The number of thiazole rings is 1. The van der Waals surface area contributed by atoms with Gasteiger partial charge in [0.1, 0.15) is 5.52 Å². The second-order valence-corrected chi connectivity index (χ2v) is 5.19. The number of hydrogen-bond acceptors (Lipinski definition) is 3. The molecule has 84 valence electrons. The third-order valence-electron chi connectivity index (χ3n) is 2.12. The quantitative estimate of drug-likeness (QED) is 0.891. The number of benzene rings is 1. The lowest BCUT2D eigenvalue weighted by Crippen LogP contribution is -2.17. The van der Waals surface area contributed by atoms with Gasteiger partial charge in [0.2, 0.25) is 5.91 Å². The van der Waals surface area contributed by atoms with Gasteiger partial charge in [-0.2, -0.15) is 0 Å². The molecule has 3 nitrogen and oxygen atoms in total. The highest BCUT2D eigenvalue weighted by atomic mass is 35.5.